The quantitative estimate of drug-likeness (QED) is 0.528. The van der Waals surface area contributed by atoms with Gasteiger partial charge < -0.3 is 19.5 Å². The molecule has 0 bridgehead atoms. The van der Waals surface area contributed by atoms with Gasteiger partial charge in [-0.15, -0.1) is 0 Å². The van der Waals surface area contributed by atoms with Gasteiger partial charge in [-0.25, -0.2) is 9.59 Å². The highest BCUT2D eigenvalue weighted by molar-refractivity contribution is 6.31. The first kappa shape index (κ1) is 22.9. The Morgan fingerprint density at radius 1 is 0.967 bits per heavy atom. The maximum Gasteiger partial charge on any atom is 0.338 e. The lowest BCUT2D eigenvalue weighted by atomic mass is 10.0. The van der Waals surface area contributed by atoms with Crippen LogP contribution < -0.4 is 10.1 Å². The van der Waals surface area contributed by atoms with E-state index < -0.39 is 23.9 Å². The number of hydrogen-bond acceptors (Lipinski definition) is 7. The van der Waals surface area contributed by atoms with Crippen molar-refractivity contribution in [1.29, 1.82) is 0 Å². The van der Waals surface area contributed by atoms with Crippen molar-refractivity contribution in [2.45, 2.75) is 19.4 Å². The minimum atomic E-state index is -0.729. The van der Waals surface area contributed by atoms with E-state index in [4.69, 9.17) is 16.3 Å². The fourth-order valence-corrected chi connectivity index (χ4v) is 2.98. The number of ether oxygens (including phenoxy) is 3. The van der Waals surface area contributed by atoms with E-state index in [1.54, 1.807) is 24.3 Å². The SMILES string of the molecule is COC(=O)c1cc(OC(=O)C[C@H](NC(C)=O)c2ccccc2Cl)cc(C(=O)OC)c1. The molecule has 2 aromatic rings. The van der Waals surface area contributed by atoms with Crippen LogP contribution in [0.3, 0.4) is 0 Å². The highest BCUT2D eigenvalue weighted by atomic mass is 35.5. The maximum absolute atomic E-state index is 12.5. The smallest absolute Gasteiger partial charge is 0.338 e. The second-order valence-electron chi connectivity index (χ2n) is 6.18. The molecular weight excluding hydrogens is 414 g/mol. The summed E-state index contributed by atoms with van der Waals surface area (Å²) >= 11 is 6.18. The van der Waals surface area contributed by atoms with E-state index in [0.717, 1.165) is 0 Å². The highest BCUT2D eigenvalue weighted by Gasteiger charge is 2.22. The van der Waals surface area contributed by atoms with Crippen molar-refractivity contribution in [3.8, 4) is 5.75 Å². The van der Waals surface area contributed by atoms with Crippen molar-refractivity contribution in [1.82, 2.24) is 5.32 Å². The molecule has 0 saturated heterocycles. The Balaban J connectivity index is 2.28. The summed E-state index contributed by atoms with van der Waals surface area (Å²) in [5, 5.41) is 3.04. The first-order valence-electron chi connectivity index (χ1n) is 8.79. The molecular formula is C21H20ClNO7. The highest BCUT2D eigenvalue weighted by Crippen LogP contribution is 2.26. The Morgan fingerprint density at radius 3 is 2.03 bits per heavy atom. The number of methoxy groups -OCH3 is 2. The molecule has 158 valence electrons. The lowest BCUT2D eigenvalue weighted by molar-refractivity contribution is -0.135. The molecule has 0 aliphatic heterocycles. The molecule has 0 unspecified atom stereocenters. The Morgan fingerprint density at radius 2 is 1.53 bits per heavy atom. The van der Waals surface area contributed by atoms with Crippen molar-refractivity contribution >= 4 is 35.4 Å². The molecule has 0 heterocycles. The van der Waals surface area contributed by atoms with Gasteiger partial charge in [0.05, 0.1) is 37.8 Å². The molecule has 30 heavy (non-hydrogen) atoms. The molecule has 1 N–H and O–H groups in total. The largest absolute Gasteiger partial charge is 0.465 e. The molecule has 0 fully saturated rings. The number of rotatable bonds is 7. The third kappa shape index (κ3) is 6.05. The average molecular weight is 434 g/mol. The number of amides is 1. The van der Waals surface area contributed by atoms with Crippen LogP contribution in [0.5, 0.6) is 5.75 Å². The Bertz CT molecular complexity index is 939. The first-order valence-corrected chi connectivity index (χ1v) is 9.16. The number of nitrogens with one attached hydrogen (secondary N) is 1. The predicted octanol–water partition coefficient (Wildman–Crippen LogP) is 3.09. The number of benzene rings is 2. The van der Waals surface area contributed by atoms with Crippen LogP contribution in [-0.4, -0.2) is 38.0 Å². The van der Waals surface area contributed by atoms with Crippen LogP contribution >= 0.6 is 11.6 Å². The van der Waals surface area contributed by atoms with Crippen LogP contribution in [0.25, 0.3) is 0 Å². The monoisotopic (exact) mass is 433 g/mol. The van der Waals surface area contributed by atoms with E-state index in [0.29, 0.717) is 10.6 Å². The van der Waals surface area contributed by atoms with Gasteiger partial charge in [-0.1, -0.05) is 29.8 Å². The van der Waals surface area contributed by atoms with Crippen LogP contribution in [0.2, 0.25) is 5.02 Å². The van der Waals surface area contributed by atoms with Gasteiger partial charge in [0.1, 0.15) is 5.75 Å². The first-order chi connectivity index (χ1) is 14.2. The molecule has 8 nitrogen and oxygen atoms in total. The average Bonchev–Trinajstić information content (AvgIpc) is 2.71. The normalized spacial score (nSPS) is 11.2. The zero-order chi connectivity index (χ0) is 22.3. The van der Waals surface area contributed by atoms with Crippen LogP contribution in [-0.2, 0) is 19.1 Å². The minimum absolute atomic E-state index is 0.00714. The van der Waals surface area contributed by atoms with Gasteiger partial charge in [0.15, 0.2) is 0 Å². The van der Waals surface area contributed by atoms with Crippen molar-refractivity contribution in [2.24, 2.45) is 0 Å². The van der Waals surface area contributed by atoms with Crippen LogP contribution in [0.4, 0.5) is 0 Å². The lowest BCUT2D eigenvalue weighted by Gasteiger charge is -2.19. The fourth-order valence-electron chi connectivity index (χ4n) is 2.71. The number of carbonyl (C=O) groups is 4. The molecule has 2 rings (SSSR count). The van der Waals surface area contributed by atoms with E-state index in [9.17, 15) is 19.2 Å². The summed E-state index contributed by atoms with van der Waals surface area (Å²) in [6.07, 6.45) is -0.237. The van der Waals surface area contributed by atoms with Gasteiger partial charge in [-0.05, 0) is 29.8 Å². The van der Waals surface area contributed by atoms with E-state index in [-0.39, 0.29) is 29.2 Å². The van der Waals surface area contributed by atoms with Gasteiger partial charge in [-0.2, -0.15) is 0 Å². The Labute approximate surface area is 178 Å². The van der Waals surface area contributed by atoms with Crippen molar-refractivity contribution < 1.29 is 33.4 Å². The maximum atomic E-state index is 12.5. The summed E-state index contributed by atoms with van der Waals surface area (Å²) in [5.41, 5.74) is 0.560. The van der Waals surface area contributed by atoms with E-state index in [1.807, 2.05) is 0 Å². The van der Waals surface area contributed by atoms with Crippen LogP contribution in [0, 0.1) is 0 Å². The van der Waals surface area contributed by atoms with Crippen LogP contribution in [0.15, 0.2) is 42.5 Å². The van der Waals surface area contributed by atoms with E-state index >= 15 is 0 Å². The molecule has 0 aliphatic carbocycles. The molecule has 2 aromatic carbocycles. The Kier molecular flexibility index (Phi) is 7.94. The van der Waals surface area contributed by atoms with Crippen LogP contribution in [0.1, 0.15) is 45.7 Å². The summed E-state index contributed by atoms with van der Waals surface area (Å²) in [6.45, 7) is 1.32. The zero-order valence-corrected chi connectivity index (χ0v) is 17.3. The molecule has 0 spiro atoms. The number of halogens is 1. The summed E-state index contributed by atoms with van der Waals surface area (Å²) < 4.78 is 14.6. The summed E-state index contributed by atoms with van der Waals surface area (Å²) in [6, 6.07) is 9.83. The third-order valence-corrected chi connectivity index (χ3v) is 4.35. The summed E-state index contributed by atoms with van der Waals surface area (Å²) in [7, 11) is 2.36. The number of esters is 3. The molecule has 1 amide bonds. The fraction of sp³-hybridized carbons (Fsp3) is 0.238. The molecule has 0 radical (unpaired) electrons. The third-order valence-electron chi connectivity index (χ3n) is 4.01. The van der Waals surface area contributed by atoms with Crippen molar-refractivity contribution in [3.63, 3.8) is 0 Å². The second-order valence-corrected chi connectivity index (χ2v) is 6.59. The summed E-state index contributed by atoms with van der Waals surface area (Å²) in [4.78, 5) is 47.8. The molecule has 0 saturated carbocycles. The van der Waals surface area contributed by atoms with Gasteiger partial charge in [-0.3, -0.25) is 9.59 Å². The molecule has 1 atom stereocenters. The van der Waals surface area contributed by atoms with Gasteiger partial charge in [0, 0.05) is 11.9 Å². The predicted molar refractivity (Wildman–Crippen MR) is 107 cm³/mol. The van der Waals surface area contributed by atoms with Gasteiger partial charge >= 0.3 is 17.9 Å². The van der Waals surface area contributed by atoms with Crippen molar-refractivity contribution in [3.05, 3.63) is 64.2 Å². The minimum Gasteiger partial charge on any atom is -0.465 e. The standard InChI is InChI=1S/C21H20ClNO7/c1-12(24)23-18(16-6-4-5-7-17(16)22)11-19(25)30-15-9-13(20(26)28-2)8-14(10-15)21(27)29-3/h4-10,18H,11H2,1-3H3,(H,23,24)/t18-/m0/s1. The lowest BCUT2D eigenvalue weighted by Crippen LogP contribution is -2.29. The Hall–Kier alpha value is -3.39. The summed E-state index contributed by atoms with van der Waals surface area (Å²) in [5.74, 6) is -2.56. The number of carbonyl (C=O) groups excluding carboxylic acids is 4. The van der Waals surface area contributed by atoms with Gasteiger partial charge in [0.2, 0.25) is 5.91 Å². The molecule has 0 aromatic heterocycles. The molecule has 0 aliphatic rings. The topological polar surface area (TPSA) is 108 Å². The zero-order valence-electron chi connectivity index (χ0n) is 16.6. The molecule has 9 heteroatoms. The number of hydrogen-bond donors (Lipinski definition) is 1. The van der Waals surface area contributed by atoms with E-state index in [1.165, 1.54) is 39.3 Å². The van der Waals surface area contributed by atoms with Gasteiger partial charge in [0.25, 0.3) is 0 Å². The van der Waals surface area contributed by atoms with E-state index in [2.05, 4.69) is 14.8 Å². The van der Waals surface area contributed by atoms with Crippen molar-refractivity contribution in [2.75, 3.05) is 14.2 Å². The second kappa shape index (κ2) is 10.4.